The van der Waals surface area contributed by atoms with E-state index in [1.807, 2.05) is 19.0 Å². The van der Waals surface area contributed by atoms with Crippen molar-refractivity contribution in [2.24, 2.45) is 7.05 Å². The number of hydrogen-bond donors (Lipinski definition) is 1. The molecule has 4 nitrogen and oxygen atoms in total. The third-order valence-electron chi connectivity index (χ3n) is 4.56. The van der Waals surface area contributed by atoms with E-state index in [0.29, 0.717) is 12.5 Å². The molecule has 1 aliphatic rings. The lowest BCUT2D eigenvalue weighted by molar-refractivity contribution is -0.131. The first-order valence-electron chi connectivity index (χ1n) is 7.66. The second-order valence-electron chi connectivity index (χ2n) is 5.94. The fourth-order valence-corrected chi connectivity index (χ4v) is 3.12. The van der Waals surface area contributed by atoms with Crippen LogP contribution < -0.4 is 5.32 Å². The van der Waals surface area contributed by atoms with Crippen LogP contribution in [0.2, 0.25) is 0 Å². The van der Waals surface area contributed by atoms with E-state index < -0.39 is 0 Å². The topological polar surface area (TPSA) is 37.3 Å². The molecule has 0 saturated carbocycles. The van der Waals surface area contributed by atoms with Crippen molar-refractivity contribution in [1.82, 2.24) is 14.8 Å². The summed E-state index contributed by atoms with van der Waals surface area (Å²) in [5, 5.41) is 4.52. The summed E-state index contributed by atoms with van der Waals surface area (Å²) in [5.41, 5.74) is 2.29. The zero-order valence-electron chi connectivity index (χ0n) is 12.8. The van der Waals surface area contributed by atoms with E-state index >= 15 is 0 Å². The summed E-state index contributed by atoms with van der Waals surface area (Å²) >= 11 is 0. The van der Waals surface area contributed by atoms with Gasteiger partial charge in [-0.05, 0) is 43.0 Å². The molecule has 0 bridgehead atoms. The van der Waals surface area contributed by atoms with Crippen LogP contribution in [-0.4, -0.2) is 41.6 Å². The largest absolute Gasteiger partial charge is 0.351 e. The van der Waals surface area contributed by atoms with E-state index in [1.165, 1.54) is 10.9 Å². The lowest BCUT2D eigenvalue weighted by Crippen LogP contribution is -2.44. The van der Waals surface area contributed by atoms with Gasteiger partial charge in [-0.1, -0.05) is 12.1 Å². The maximum atomic E-state index is 12.4. The van der Waals surface area contributed by atoms with Crippen molar-refractivity contribution in [3.63, 3.8) is 0 Å². The van der Waals surface area contributed by atoms with Gasteiger partial charge < -0.3 is 14.8 Å². The quantitative estimate of drug-likeness (QED) is 0.935. The molecule has 0 spiro atoms. The second-order valence-corrected chi connectivity index (χ2v) is 5.94. The number of carbonyl (C=O) groups excluding carboxylic acids is 1. The van der Waals surface area contributed by atoms with Gasteiger partial charge in [-0.2, -0.15) is 0 Å². The highest BCUT2D eigenvalue weighted by Gasteiger charge is 2.21. The average molecular weight is 285 g/mol. The highest BCUT2D eigenvalue weighted by Crippen LogP contribution is 2.18. The van der Waals surface area contributed by atoms with E-state index in [2.05, 4.69) is 40.3 Å². The molecule has 1 N–H and O–H groups in total. The Hall–Kier alpha value is -1.81. The summed E-state index contributed by atoms with van der Waals surface area (Å²) in [7, 11) is 4.04. The minimum absolute atomic E-state index is 0.248. The molecule has 0 unspecified atom stereocenters. The van der Waals surface area contributed by atoms with Crippen LogP contribution in [0.1, 0.15) is 18.4 Å². The zero-order valence-corrected chi connectivity index (χ0v) is 12.8. The van der Waals surface area contributed by atoms with Crippen LogP contribution in [0.15, 0.2) is 30.5 Å². The number of rotatable bonds is 3. The molecule has 21 heavy (non-hydrogen) atoms. The average Bonchev–Trinajstić information content (AvgIpc) is 2.88. The van der Waals surface area contributed by atoms with Gasteiger partial charge in [-0.15, -0.1) is 0 Å². The first-order valence-corrected chi connectivity index (χ1v) is 7.66. The Morgan fingerprint density at radius 1 is 1.29 bits per heavy atom. The van der Waals surface area contributed by atoms with Gasteiger partial charge in [0.2, 0.25) is 5.91 Å². The maximum Gasteiger partial charge on any atom is 0.226 e. The number of piperidine rings is 1. The van der Waals surface area contributed by atoms with Crippen molar-refractivity contribution < 1.29 is 4.79 Å². The highest BCUT2D eigenvalue weighted by atomic mass is 16.2. The third kappa shape index (κ3) is 2.95. The van der Waals surface area contributed by atoms with Gasteiger partial charge in [0.25, 0.3) is 0 Å². The van der Waals surface area contributed by atoms with Crippen molar-refractivity contribution in [2.45, 2.75) is 25.3 Å². The van der Waals surface area contributed by atoms with Gasteiger partial charge in [0.1, 0.15) is 0 Å². The minimum atomic E-state index is 0.248. The molecule has 4 heteroatoms. The standard InChI is InChI=1S/C17H23N3O/c1-18-15-6-9-20(10-7-15)17(21)12-13-3-4-14-5-8-19(2)16(14)11-13/h3-5,8,11,15,18H,6-7,9-10,12H2,1-2H3. The Morgan fingerprint density at radius 2 is 2.05 bits per heavy atom. The molecule has 1 aliphatic heterocycles. The second kappa shape index (κ2) is 5.90. The molecule has 112 valence electrons. The number of hydrogen-bond acceptors (Lipinski definition) is 2. The van der Waals surface area contributed by atoms with Crippen molar-refractivity contribution in [3.05, 3.63) is 36.0 Å². The Balaban J connectivity index is 1.67. The van der Waals surface area contributed by atoms with E-state index in [4.69, 9.17) is 0 Å². The van der Waals surface area contributed by atoms with E-state index in [0.717, 1.165) is 31.5 Å². The third-order valence-corrected chi connectivity index (χ3v) is 4.56. The number of nitrogens with one attached hydrogen (secondary N) is 1. The van der Waals surface area contributed by atoms with Crippen LogP contribution in [0.5, 0.6) is 0 Å². The van der Waals surface area contributed by atoms with Crippen LogP contribution in [0, 0.1) is 0 Å². The molecule has 1 aromatic heterocycles. The molecule has 3 rings (SSSR count). The number of aromatic nitrogens is 1. The number of aryl methyl sites for hydroxylation is 1. The molecule has 0 atom stereocenters. The van der Waals surface area contributed by atoms with Gasteiger partial charge in [0.15, 0.2) is 0 Å². The lowest BCUT2D eigenvalue weighted by Gasteiger charge is -2.31. The lowest BCUT2D eigenvalue weighted by atomic mass is 10.0. The molecule has 1 aromatic carbocycles. The van der Waals surface area contributed by atoms with Crippen molar-refractivity contribution >= 4 is 16.8 Å². The number of carbonyl (C=O) groups is 1. The number of fused-ring (bicyclic) bond motifs is 1. The van der Waals surface area contributed by atoms with Gasteiger partial charge in [-0.3, -0.25) is 4.79 Å². The summed E-state index contributed by atoms with van der Waals surface area (Å²) in [4.78, 5) is 14.4. The van der Waals surface area contributed by atoms with E-state index in [-0.39, 0.29) is 5.91 Å². The normalized spacial score (nSPS) is 16.6. The van der Waals surface area contributed by atoms with Crippen LogP contribution in [-0.2, 0) is 18.3 Å². The van der Waals surface area contributed by atoms with E-state index in [1.54, 1.807) is 0 Å². The Labute approximate surface area is 125 Å². The summed E-state index contributed by atoms with van der Waals surface area (Å²) in [5.74, 6) is 0.248. The molecule has 1 fully saturated rings. The van der Waals surface area contributed by atoms with Gasteiger partial charge >= 0.3 is 0 Å². The first-order chi connectivity index (χ1) is 10.2. The molecule has 0 aliphatic carbocycles. The smallest absolute Gasteiger partial charge is 0.226 e. The molecule has 1 amide bonds. The van der Waals surface area contributed by atoms with Crippen LogP contribution in [0.25, 0.3) is 10.9 Å². The maximum absolute atomic E-state index is 12.4. The van der Waals surface area contributed by atoms with Crippen molar-refractivity contribution in [2.75, 3.05) is 20.1 Å². The molecule has 2 aromatic rings. The Kier molecular flexibility index (Phi) is 3.97. The van der Waals surface area contributed by atoms with Crippen molar-refractivity contribution in [1.29, 1.82) is 0 Å². The highest BCUT2D eigenvalue weighted by molar-refractivity contribution is 5.84. The van der Waals surface area contributed by atoms with Crippen LogP contribution in [0.3, 0.4) is 0 Å². The summed E-state index contributed by atoms with van der Waals surface area (Å²) in [6.07, 6.45) is 4.67. The SMILES string of the molecule is CNC1CCN(C(=O)Cc2ccc3ccn(C)c3c2)CC1. The summed E-state index contributed by atoms with van der Waals surface area (Å²) in [6.45, 7) is 1.74. The number of benzene rings is 1. The molecule has 1 saturated heterocycles. The minimum Gasteiger partial charge on any atom is -0.351 e. The number of nitrogens with zero attached hydrogens (tertiary/aromatic N) is 2. The first kappa shape index (κ1) is 14.1. The fourth-order valence-electron chi connectivity index (χ4n) is 3.12. The van der Waals surface area contributed by atoms with Gasteiger partial charge in [0.05, 0.1) is 6.42 Å². The van der Waals surface area contributed by atoms with Crippen LogP contribution in [0.4, 0.5) is 0 Å². The monoisotopic (exact) mass is 285 g/mol. The molecular weight excluding hydrogens is 262 g/mol. The zero-order chi connectivity index (χ0) is 14.8. The predicted molar refractivity (Wildman–Crippen MR) is 85.3 cm³/mol. The number of amides is 1. The Morgan fingerprint density at radius 3 is 2.76 bits per heavy atom. The molecule has 2 heterocycles. The molecular formula is C17H23N3O. The van der Waals surface area contributed by atoms with Gasteiger partial charge in [-0.25, -0.2) is 0 Å². The molecule has 0 radical (unpaired) electrons. The summed E-state index contributed by atoms with van der Waals surface area (Å²) < 4.78 is 2.10. The van der Waals surface area contributed by atoms with Gasteiger partial charge in [0, 0.05) is 37.9 Å². The van der Waals surface area contributed by atoms with Crippen LogP contribution >= 0.6 is 0 Å². The van der Waals surface area contributed by atoms with Crippen molar-refractivity contribution in [3.8, 4) is 0 Å². The van der Waals surface area contributed by atoms with E-state index in [9.17, 15) is 4.79 Å². The predicted octanol–water partition coefficient (Wildman–Crippen LogP) is 1.93. The number of likely N-dealkylation sites (tertiary alicyclic amines) is 1. The fraction of sp³-hybridized carbons (Fsp3) is 0.471. The Bertz CT molecular complexity index is 639. The summed E-state index contributed by atoms with van der Waals surface area (Å²) in [6, 6.07) is 8.97.